The van der Waals surface area contributed by atoms with Gasteiger partial charge in [-0.25, -0.2) is 0 Å². The molecule has 1 aliphatic heterocycles. The van der Waals surface area contributed by atoms with Crippen molar-refractivity contribution in [3.63, 3.8) is 0 Å². The second-order valence-electron chi connectivity index (χ2n) is 6.20. The molecule has 2 nitrogen and oxygen atoms in total. The third-order valence-corrected chi connectivity index (χ3v) is 4.38. The Morgan fingerprint density at radius 1 is 1.18 bits per heavy atom. The fourth-order valence-electron chi connectivity index (χ4n) is 2.90. The SMILES string of the molecule is CC(C)C[C@H](c1cc(Br)cc(C(F)(F)F)c1)N1CCNCC1. The highest BCUT2D eigenvalue weighted by atomic mass is 79.9. The van der Waals surface area contributed by atoms with Crippen molar-refractivity contribution < 1.29 is 13.2 Å². The van der Waals surface area contributed by atoms with Crippen molar-refractivity contribution in [3.8, 4) is 0 Å². The Kier molecular flexibility index (Phi) is 5.91. The Hall–Kier alpha value is -0.590. The molecule has 0 radical (unpaired) electrons. The smallest absolute Gasteiger partial charge is 0.314 e. The average Bonchev–Trinajstić information content (AvgIpc) is 2.44. The van der Waals surface area contributed by atoms with Crippen LogP contribution in [0.5, 0.6) is 0 Å². The van der Waals surface area contributed by atoms with Crippen LogP contribution < -0.4 is 5.32 Å². The fourth-order valence-corrected chi connectivity index (χ4v) is 3.42. The number of piperazine rings is 1. The van der Waals surface area contributed by atoms with Crippen LogP contribution in [0.4, 0.5) is 13.2 Å². The maximum absolute atomic E-state index is 13.1. The normalized spacial score (nSPS) is 18.7. The molecule has 1 fully saturated rings. The summed E-state index contributed by atoms with van der Waals surface area (Å²) in [7, 11) is 0. The number of nitrogens with zero attached hydrogens (tertiary/aromatic N) is 1. The Bertz CT molecular complexity index is 497. The van der Waals surface area contributed by atoms with Crippen molar-refractivity contribution in [3.05, 3.63) is 33.8 Å². The van der Waals surface area contributed by atoms with Crippen molar-refractivity contribution in [2.75, 3.05) is 26.2 Å². The van der Waals surface area contributed by atoms with E-state index in [0.29, 0.717) is 10.4 Å². The lowest BCUT2D eigenvalue weighted by Gasteiger charge is -2.36. The molecule has 22 heavy (non-hydrogen) atoms. The van der Waals surface area contributed by atoms with Gasteiger partial charge in [0, 0.05) is 36.7 Å². The number of benzene rings is 1. The third-order valence-electron chi connectivity index (χ3n) is 3.92. The number of halogens is 4. The molecule has 1 aliphatic rings. The molecule has 0 saturated carbocycles. The van der Waals surface area contributed by atoms with Gasteiger partial charge >= 0.3 is 6.18 Å². The summed E-state index contributed by atoms with van der Waals surface area (Å²) in [5, 5.41) is 3.29. The second kappa shape index (κ2) is 7.32. The van der Waals surface area contributed by atoms with Gasteiger partial charge in [0.15, 0.2) is 0 Å². The lowest BCUT2D eigenvalue weighted by molar-refractivity contribution is -0.137. The zero-order valence-electron chi connectivity index (χ0n) is 12.9. The molecule has 1 aromatic rings. The van der Waals surface area contributed by atoms with Gasteiger partial charge < -0.3 is 5.32 Å². The molecule has 0 unspecified atom stereocenters. The van der Waals surface area contributed by atoms with Crippen LogP contribution in [0.25, 0.3) is 0 Å². The molecule has 0 spiro atoms. The van der Waals surface area contributed by atoms with Crippen molar-refractivity contribution in [2.45, 2.75) is 32.5 Å². The first kappa shape index (κ1) is 17.8. The molecule has 1 atom stereocenters. The van der Waals surface area contributed by atoms with Crippen LogP contribution in [0.1, 0.15) is 37.4 Å². The van der Waals surface area contributed by atoms with E-state index in [9.17, 15) is 13.2 Å². The zero-order valence-corrected chi connectivity index (χ0v) is 14.5. The van der Waals surface area contributed by atoms with E-state index >= 15 is 0 Å². The predicted octanol–water partition coefficient (Wildman–Crippen LogP) is 4.46. The third kappa shape index (κ3) is 4.70. The molecular formula is C16H22BrF3N2. The molecule has 1 aromatic carbocycles. The van der Waals surface area contributed by atoms with Gasteiger partial charge in [-0.05, 0) is 36.1 Å². The Labute approximate surface area is 138 Å². The molecule has 0 amide bonds. The summed E-state index contributed by atoms with van der Waals surface area (Å²) < 4.78 is 39.7. The van der Waals surface area contributed by atoms with Crippen LogP contribution in [0.2, 0.25) is 0 Å². The Morgan fingerprint density at radius 2 is 1.82 bits per heavy atom. The quantitative estimate of drug-likeness (QED) is 0.831. The molecule has 1 heterocycles. The first-order valence-corrected chi connectivity index (χ1v) is 8.39. The van der Waals surface area contributed by atoms with E-state index in [-0.39, 0.29) is 6.04 Å². The van der Waals surface area contributed by atoms with Crippen LogP contribution in [-0.2, 0) is 6.18 Å². The van der Waals surface area contributed by atoms with Gasteiger partial charge in [-0.1, -0.05) is 29.8 Å². The molecule has 0 aromatic heterocycles. The second-order valence-corrected chi connectivity index (χ2v) is 7.12. The van der Waals surface area contributed by atoms with E-state index in [1.807, 2.05) is 6.07 Å². The Balaban J connectivity index is 2.35. The number of rotatable bonds is 4. The summed E-state index contributed by atoms with van der Waals surface area (Å²) in [6.45, 7) is 7.72. The zero-order chi connectivity index (χ0) is 16.3. The summed E-state index contributed by atoms with van der Waals surface area (Å²) in [6.07, 6.45) is -3.46. The lowest BCUT2D eigenvalue weighted by atomic mass is 9.94. The molecule has 1 N–H and O–H groups in total. The number of hydrogen-bond acceptors (Lipinski definition) is 2. The number of hydrogen-bond donors (Lipinski definition) is 1. The minimum Gasteiger partial charge on any atom is -0.314 e. The summed E-state index contributed by atoms with van der Waals surface area (Å²) in [5.41, 5.74) is 0.165. The van der Waals surface area contributed by atoms with E-state index < -0.39 is 11.7 Å². The predicted molar refractivity (Wildman–Crippen MR) is 85.8 cm³/mol. The molecule has 1 saturated heterocycles. The van der Waals surface area contributed by atoms with E-state index in [0.717, 1.165) is 44.2 Å². The van der Waals surface area contributed by atoms with Crippen LogP contribution in [0.15, 0.2) is 22.7 Å². The average molecular weight is 379 g/mol. The van der Waals surface area contributed by atoms with Crippen LogP contribution in [-0.4, -0.2) is 31.1 Å². The highest BCUT2D eigenvalue weighted by Crippen LogP contribution is 2.36. The van der Waals surface area contributed by atoms with Crippen LogP contribution in [0, 0.1) is 5.92 Å². The maximum atomic E-state index is 13.1. The molecule has 0 aliphatic carbocycles. The molecule has 2 rings (SSSR count). The van der Waals surface area contributed by atoms with Gasteiger partial charge in [0.1, 0.15) is 0 Å². The molecule has 6 heteroatoms. The van der Waals surface area contributed by atoms with Crippen molar-refractivity contribution in [1.82, 2.24) is 10.2 Å². The molecule has 0 bridgehead atoms. The van der Waals surface area contributed by atoms with E-state index in [1.54, 1.807) is 0 Å². The largest absolute Gasteiger partial charge is 0.416 e. The standard InChI is InChI=1S/C16H22BrF3N2/c1-11(2)7-15(22-5-3-21-4-6-22)12-8-13(16(18,19)20)10-14(17)9-12/h8-11,15,21H,3-7H2,1-2H3/t15-/m1/s1. The van der Waals surface area contributed by atoms with E-state index in [2.05, 4.69) is 40.0 Å². The minimum atomic E-state index is -4.32. The van der Waals surface area contributed by atoms with Crippen molar-refractivity contribution in [1.29, 1.82) is 0 Å². The van der Waals surface area contributed by atoms with Gasteiger partial charge in [-0.15, -0.1) is 0 Å². The first-order valence-electron chi connectivity index (χ1n) is 7.60. The van der Waals surface area contributed by atoms with E-state index in [4.69, 9.17) is 0 Å². The van der Waals surface area contributed by atoms with Gasteiger partial charge in [-0.2, -0.15) is 13.2 Å². The fraction of sp³-hybridized carbons (Fsp3) is 0.625. The Morgan fingerprint density at radius 3 is 2.36 bits per heavy atom. The van der Waals surface area contributed by atoms with Gasteiger partial charge in [-0.3, -0.25) is 4.90 Å². The van der Waals surface area contributed by atoms with Crippen molar-refractivity contribution in [2.24, 2.45) is 5.92 Å². The monoisotopic (exact) mass is 378 g/mol. The summed E-state index contributed by atoms with van der Waals surface area (Å²) in [6, 6.07) is 4.30. The van der Waals surface area contributed by atoms with Gasteiger partial charge in [0.05, 0.1) is 5.56 Å². The lowest BCUT2D eigenvalue weighted by Crippen LogP contribution is -2.45. The summed E-state index contributed by atoms with van der Waals surface area (Å²) >= 11 is 3.23. The summed E-state index contributed by atoms with van der Waals surface area (Å²) in [5.74, 6) is 0.424. The maximum Gasteiger partial charge on any atom is 0.416 e. The van der Waals surface area contributed by atoms with Crippen molar-refractivity contribution >= 4 is 15.9 Å². The van der Waals surface area contributed by atoms with E-state index in [1.165, 1.54) is 6.07 Å². The molecular weight excluding hydrogens is 357 g/mol. The topological polar surface area (TPSA) is 15.3 Å². The van der Waals surface area contributed by atoms with Crippen LogP contribution in [0.3, 0.4) is 0 Å². The van der Waals surface area contributed by atoms with Crippen LogP contribution >= 0.6 is 15.9 Å². The van der Waals surface area contributed by atoms with Gasteiger partial charge in [0.25, 0.3) is 0 Å². The minimum absolute atomic E-state index is 0.0284. The molecule has 124 valence electrons. The number of nitrogens with one attached hydrogen (secondary N) is 1. The number of alkyl halides is 3. The first-order chi connectivity index (χ1) is 10.3. The van der Waals surface area contributed by atoms with Gasteiger partial charge in [0.2, 0.25) is 0 Å². The highest BCUT2D eigenvalue weighted by molar-refractivity contribution is 9.10. The summed E-state index contributed by atoms with van der Waals surface area (Å²) in [4.78, 5) is 2.29. The highest BCUT2D eigenvalue weighted by Gasteiger charge is 2.32.